The maximum atomic E-state index is 13.6. The highest BCUT2D eigenvalue weighted by Gasteiger charge is 2.34. The van der Waals surface area contributed by atoms with Gasteiger partial charge in [-0.1, -0.05) is 62.6 Å². The van der Waals surface area contributed by atoms with Gasteiger partial charge in [0.05, 0.1) is 0 Å². The summed E-state index contributed by atoms with van der Waals surface area (Å²) in [5, 5.41) is 14.1. The normalized spacial score (nSPS) is 18.5. The largest absolute Gasteiger partial charge is 0.322 e. The predicted molar refractivity (Wildman–Crippen MR) is 154 cm³/mol. The monoisotopic (exact) mass is 525 g/mol. The van der Waals surface area contributed by atoms with E-state index in [1.54, 1.807) is 0 Å². The van der Waals surface area contributed by atoms with Gasteiger partial charge in [-0.3, -0.25) is 14.6 Å². The van der Waals surface area contributed by atoms with Crippen molar-refractivity contribution >= 4 is 10.9 Å². The second-order valence-electron chi connectivity index (χ2n) is 11.1. The summed E-state index contributed by atoms with van der Waals surface area (Å²) in [7, 11) is 0. The molecule has 2 aromatic carbocycles. The predicted octanol–water partition coefficient (Wildman–Crippen LogP) is 4.36. The minimum Gasteiger partial charge on any atom is -0.322 e. The van der Waals surface area contributed by atoms with Gasteiger partial charge < -0.3 is 4.98 Å². The summed E-state index contributed by atoms with van der Waals surface area (Å²) >= 11 is 0. The lowest BCUT2D eigenvalue weighted by Gasteiger charge is -2.43. The van der Waals surface area contributed by atoms with Gasteiger partial charge in [-0.05, 0) is 70.8 Å². The van der Waals surface area contributed by atoms with Crippen LogP contribution in [-0.4, -0.2) is 67.2 Å². The number of benzene rings is 2. The van der Waals surface area contributed by atoms with E-state index in [4.69, 9.17) is 0 Å². The first kappa shape index (κ1) is 25.9. The van der Waals surface area contributed by atoms with Gasteiger partial charge in [0.15, 0.2) is 5.82 Å². The van der Waals surface area contributed by atoms with E-state index in [0.29, 0.717) is 12.6 Å². The molecule has 0 radical (unpaired) electrons. The van der Waals surface area contributed by atoms with Crippen LogP contribution in [0.15, 0.2) is 59.4 Å². The maximum Gasteiger partial charge on any atom is 0.253 e. The molecule has 2 aromatic heterocycles. The van der Waals surface area contributed by atoms with Crippen LogP contribution in [0.2, 0.25) is 0 Å². The van der Waals surface area contributed by atoms with Crippen LogP contribution in [0.4, 0.5) is 0 Å². The van der Waals surface area contributed by atoms with Crippen LogP contribution in [0.5, 0.6) is 0 Å². The van der Waals surface area contributed by atoms with Crippen molar-refractivity contribution in [2.45, 2.75) is 70.5 Å². The molecule has 1 saturated heterocycles. The van der Waals surface area contributed by atoms with Crippen molar-refractivity contribution in [3.63, 3.8) is 0 Å². The number of nitrogens with zero attached hydrogens (tertiary/aromatic N) is 6. The van der Waals surface area contributed by atoms with Crippen LogP contribution in [-0.2, 0) is 19.4 Å². The second-order valence-corrected chi connectivity index (χ2v) is 11.1. The number of aromatic nitrogens is 5. The number of piperazine rings is 1. The van der Waals surface area contributed by atoms with E-state index >= 15 is 0 Å². The number of tetrazole rings is 1. The Morgan fingerprint density at radius 1 is 0.949 bits per heavy atom. The van der Waals surface area contributed by atoms with E-state index in [-0.39, 0.29) is 11.6 Å². The summed E-state index contributed by atoms with van der Waals surface area (Å²) in [5.74, 6) is 0.744. The Morgan fingerprint density at radius 3 is 2.51 bits per heavy atom. The first-order chi connectivity index (χ1) is 19.2. The van der Waals surface area contributed by atoms with Crippen molar-refractivity contribution in [3.05, 3.63) is 87.5 Å². The smallest absolute Gasteiger partial charge is 0.253 e. The molecular weight excluding hydrogens is 486 g/mol. The molecule has 0 bridgehead atoms. The third kappa shape index (κ3) is 5.68. The highest BCUT2D eigenvalue weighted by atomic mass is 16.1. The number of hydrogen-bond acceptors (Lipinski definition) is 6. The summed E-state index contributed by atoms with van der Waals surface area (Å²) in [6, 6.07) is 19.2. The third-order valence-electron chi connectivity index (χ3n) is 8.70. The van der Waals surface area contributed by atoms with Gasteiger partial charge in [-0.15, -0.1) is 5.10 Å². The second kappa shape index (κ2) is 11.8. The molecule has 1 aliphatic carbocycles. The minimum absolute atomic E-state index is 0.0657. The first-order valence-electron chi connectivity index (χ1n) is 14.6. The van der Waals surface area contributed by atoms with E-state index in [1.165, 1.54) is 43.2 Å². The Balaban J connectivity index is 1.34. The van der Waals surface area contributed by atoms with Gasteiger partial charge in [0, 0.05) is 49.8 Å². The van der Waals surface area contributed by atoms with E-state index in [0.717, 1.165) is 61.3 Å². The maximum absolute atomic E-state index is 13.6. The van der Waals surface area contributed by atoms with Crippen molar-refractivity contribution in [2.75, 3.05) is 26.2 Å². The molecule has 1 aliphatic heterocycles. The molecule has 6 rings (SSSR count). The molecule has 2 fully saturated rings. The van der Waals surface area contributed by atoms with Gasteiger partial charge in [-0.2, -0.15) is 0 Å². The molecule has 0 unspecified atom stereocenters. The number of pyridine rings is 1. The zero-order valence-electron chi connectivity index (χ0n) is 22.9. The average Bonchev–Trinajstić information content (AvgIpc) is 3.45. The summed E-state index contributed by atoms with van der Waals surface area (Å²) in [6.45, 7) is 6.62. The number of H-pyrrole nitrogens is 1. The van der Waals surface area contributed by atoms with Crippen molar-refractivity contribution < 1.29 is 0 Å². The Labute approximate surface area is 230 Å². The van der Waals surface area contributed by atoms with Crippen LogP contribution in [0.1, 0.15) is 67.6 Å². The molecule has 1 saturated carbocycles. The van der Waals surface area contributed by atoms with Crippen LogP contribution >= 0.6 is 0 Å². The molecule has 204 valence electrons. The molecule has 0 amide bonds. The standard InChI is InChI=1S/C31H39N7O/c1-2-23-13-14-28-25(21-23)22-27(31(39)32-28)29(37-19-17-36(18-20-37)26-11-7-4-8-12-26)30-33-34-35-38(30)16-15-24-9-5-3-6-10-24/h3,5-6,9-10,13-14,21-22,26,29H,2,4,7-8,11-12,15-20H2,1H3,(H,32,39)/t29-/m0/s1. The van der Waals surface area contributed by atoms with Gasteiger partial charge in [0.2, 0.25) is 0 Å². The SMILES string of the molecule is CCc1ccc2[nH]c(=O)c([C@@H](c3nnnn3CCc3ccccc3)N3CCN(C4CCCCC4)CC3)cc2c1. The zero-order chi connectivity index (χ0) is 26.6. The lowest BCUT2D eigenvalue weighted by Crippen LogP contribution is -2.52. The number of hydrogen-bond donors (Lipinski definition) is 1. The highest BCUT2D eigenvalue weighted by molar-refractivity contribution is 5.80. The summed E-state index contributed by atoms with van der Waals surface area (Å²) in [6.07, 6.45) is 8.46. The van der Waals surface area contributed by atoms with Crippen molar-refractivity contribution in [1.82, 2.24) is 35.0 Å². The first-order valence-corrected chi connectivity index (χ1v) is 14.6. The molecule has 8 nitrogen and oxygen atoms in total. The van der Waals surface area contributed by atoms with Crippen molar-refractivity contribution in [3.8, 4) is 0 Å². The van der Waals surface area contributed by atoms with Gasteiger partial charge >= 0.3 is 0 Å². The van der Waals surface area contributed by atoms with E-state index in [1.807, 2.05) is 16.8 Å². The van der Waals surface area contributed by atoms with E-state index in [9.17, 15) is 4.79 Å². The topological polar surface area (TPSA) is 82.9 Å². The van der Waals surface area contributed by atoms with Crippen LogP contribution in [0.3, 0.4) is 0 Å². The fourth-order valence-corrected chi connectivity index (χ4v) is 6.45. The summed E-state index contributed by atoms with van der Waals surface area (Å²) in [4.78, 5) is 21.8. The number of nitrogens with one attached hydrogen (secondary N) is 1. The quantitative estimate of drug-likeness (QED) is 0.368. The molecule has 39 heavy (non-hydrogen) atoms. The molecule has 1 atom stereocenters. The number of aryl methyl sites for hydroxylation is 3. The van der Waals surface area contributed by atoms with E-state index in [2.05, 4.69) is 79.7 Å². The molecular formula is C31H39N7O. The fourth-order valence-electron chi connectivity index (χ4n) is 6.45. The summed E-state index contributed by atoms with van der Waals surface area (Å²) < 4.78 is 1.90. The molecule has 3 heterocycles. The Hall–Kier alpha value is -3.36. The number of rotatable bonds is 8. The Morgan fingerprint density at radius 2 is 1.74 bits per heavy atom. The lowest BCUT2D eigenvalue weighted by atomic mass is 9.93. The highest BCUT2D eigenvalue weighted by Crippen LogP contribution is 2.30. The Kier molecular flexibility index (Phi) is 7.83. The zero-order valence-corrected chi connectivity index (χ0v) is 22.9. The van der Waals surface area contributed by atoms with E-state index < -0.39 is 0 Å². The van der Waals surface area contributed by atoms with Crippen LogP contribution < -0.4 is 5.56 Å². The van der Waals surface area contributed by atoms with Gasteiger partial charge in [-0.25, -0.2) is 4.68 Å². The fraction of sp³-hybridized carbons (Fsp3) is 0.484. The number of fused-ring (bicyclic) bond motifs is 1. The molecule has 0 spiro atoms. The van der Waals surface area contributed by atoms with Gasteiger partial charge in [0.25, 0.3) is 5.56 Å². The van der Waals surface area contributed by atoms with Gasteiger partial charge in [0.1, 0.15) is 6.04 Å². The number of aromatic amines is 1. The minimum atomic E-state index is -0.303. The molecule has 8 heteroatoms. The lowest BCUT2D eigenvalue weighted by molar-refractivity contribution is 0.0617. The summed E-state index contributed by atoms with van der Waals surface area (Å²) in [5.41, 5.74) is 4.02. The van der Waals surface area contributed by atoms with Crippen molar-refractivity contribution in [1.29, 1.82) is 0 Å². The molecule has 2 aliphatic rings. The van der Waals surface area contributed by atoms with Crippen LogP contribution in [0, 0.1) is 0 Å². The van der Waals surface area contributed by atoms with Crippen LogP contribution in [0.25, 0.3) is 10.9 Å². The average molecular weight is 526 g/mol. The third-order valence-corrected chi connectivity index (χ3v) is 8.70. The Bertz CT molecular complexity index is 1430. The molecule has 1 N–H and O–H groups in total. The molecule has 4 aromatic rings. The van der Waals surface area contributed by atoms with Crippen molar-refractivity contribution in [2.24, 2.45) is 0 Å².